The molecule has 0 spiro atoms. The van der Waals surface area contributed by atoms with Crippen molar-refractivity contribution in [1.29, 1.82) is 0 Å². The van der Waals surface area contributed by atoms with Crippen molar-refractivity contribution in [2.75, 3.05) is 0 Å². The summed E-state index contributed by atoms with van der Waals surface area (Å²) in [5, 5.41) is 8.85. The van der Waals surface area contributed by atoms with Crippen LogP contribution in [-0.2, 0) is 0 Å². The largest absolute Gasteiger partial charge is 0.478 e. The SMILES string of the molecule is O=C(O)c1ccc(=O)n(C2CCC(F)(F)CC2)c1. The van der Waals surface area contributed by atoms with Crippen LogP contribution < -0.4 is 5.56 Å². The highest BCUT2D eigenvalue weighted by Crippen LogP contribution is 2.37. The molecule has 1 N–H and O–H groups in total. The van der Waals surface area contributed by atoms with Gasteiger partial charge in [-0.05, 0) is 18.9 Å². The molecule has 0 unspecified atom stereocenters. The first-order valence-electron chi connectivity index (χ1n) is 5.72. The van der Waals surface area contributed by atoms with Gasteiger partial charge in [0.1, 0.15) is 0 Å². The van der Waals surface area contributed by atoms with Gasteiger partial charge in [-0.25, -0.2) is 13.6 Å². The summed E-state index contributed by atoms with van der Waals surface area (Å²) in [5.41, 5.74) is -0.359. The van der Waals surface area contributed by atoms with Crippen LogP contribution >= 0.6 is 0 Å². The van der Waals surface area contributed by atoms with E-state index in [0.717, 1.165) is 6.07 Å². The Kier molecular flexibility index (Phi) is 3.19. The molecule has 4 nitrogen and oxygen atoms in total. The van der Waals surface area contributed by atoms with E-state index in [1.54, 1.807) is 0 Å². The second-order valence-electron chi connectivity index (χ2n) is 4.56. The van der Waals surface area contributed by atoms with Gasteiger partial charge in [0.2, 0.25) is 5.92 Å². The van der Waals surface area contributed by atoms with Gasteiger partial charge in [-0.1, -0.05) is 0 Å². The molecular weight excluding hydrogens is 244 g/mol. The molecule has 1 aromatic rings. The van der Waals surface area contributed by atoms with E-state index in [1.807, 2.05) is 0 Å². The first-order valence-corrected chi connectivity index (χ1v) is 5.72. The molecule has 1 aliphatic rings. The Hall–Kier alpha value is -1.72. The quantitative estimate of drug-likeness (QED) is 0.884. The van der Waals surface area contributed by atoms with Crippen molar-refractivity contribution in [3.8, 4) is 0 Å². The zero-order chi connectivity index (χ0) is 13.3. The van der Waals surface area contributed by atoms with Gasteiger partial charge >= 0.3 is 5.97 Å². The standard InChI is InChI=1S/C12H13F2NO3/c13-12(14)5-3-9(4-6-12)15-7-8(11(17)18)1-2-10(15)16/h1-2,7,9H,3-6H2,(H,17,18). The molecule has 0 aromatic carbocycles. The van der Waals surface area contributed by atoms with Crippen LogP contribution in [0, 0.1) is 0 Å². The van der Waals surface area contributed by atoms with E-state index in [2.05, 4.69) is 0 Å². The fourth-order valence-corrected chi connectivity index (χ4v) is 2.22. The van der Waals surface area contributed by atoms with Crippen molar-refractivity contribution in [2.24, 2.45) is 0 Å². The van der Waals surface area contributed by atoms with E-state index < -0.39 is 11.9 Å². The highest BCUT2D eigenvalue weighted by molar-refractivity contribution is 5.87. The zero-order valence-corrected chi connectivity index (χ0v) is 9.60. The molecule has 0 amide bonds. The molecule has 1 heterocycles. The minimum Gasteiger partial charge on any atom is -0.478 e. The van der Waals surface area contributed by atoms with Crippen LogP contribution in [0.3, 0.4) is 0 Å². The predicted octanol–water partition coefficient (Wildman–Crippen LogP) is 2.30. The van der Waals surface area contributed by atoms with Crippen molar-refractivity contribution in [1.82, 2.24) is 4.57 Å². The van der Waals surface area contributed by atoms with Gasteiger partial charge in [0, 0.05) is 31.1 Å². The smallest absolute Gasteiger partial charge is 0.337 e. The van der Waals surface area contributed by atoms with Gasteiger partial charge in [-0.3, -0.25) is 4.79 Å². The lowest BCUT2D eigenvalue weighted by atomic mass is 9.92. The summed E-state index contributed by atoms with van der Waals surface area (Å²) in [6, 6.07) is 2.05. The van der Waals surface area contributed by atoms with Crippen LogP contribution in [-0.4, -0.2) is 21.6 Å². The summed E-state index contributed by atoms with van der Waals surface area (Å²) in [6.07, 6.45) is 1.09. The molecule has 2 rings (SSSR count). The fraction of sp³-hybridized carbons (Fsp3) is 0.500. The zero-order valence-electron chi connectivity index (χ0n) is 9.60. The molecule has 0 atom stereocenters. The number of halogens is 2. The summed E-state index contributed by atoms with van der Waals surface area (Å²) < 4.78 is 27.3. The van der Waals surface area contributed by atoms with Gasteiger partial charge in [-0.2, -0.15) is 0 Å². The lowest BCUT2D eigenvalue weighted by Gasteiger charge is -2.29. The van der Waals surface area contributed by atoms with E-state index >= 15 is 0 Å². The first kappa shape index (κ1) is 12.7. The second-order valence-corrected chi connectivity index (χ2v) is 4.56. The number of pyridine rings is 1. The third-order valence-electron chi connectivity index (χ3n) is 3.27. The van der Waals surface area contributed by atoms with Gasteiger partial charge in [-0.15, -0.1) is 0 Å². The van der Waals surface area contributed by atoms with Crippen molar-refractivity contribution in [3.63, 3.8) is 0 Å². The molecule has 98 valence electrons. The van der Waals surface area contributed by atoms with E-state index in [1.165, 1.54) is 16.8 Å². The maximum absolute atomic E-state index is 13.0. The maximum Gasteiger partial charge on any atom is 0.337 e. The number of alkyl halides is 2. The number of nitrogens with zero attached hydrogens (tertiary/aromatic N) is 1. The van der Waals surface area contributed by atoms with Gasteiger partial charge in [0.15, 0.2) is 0 Å². The van der Waals surface area contributed by atoms with Crippen LogP contribution in [0.15, 0.2) is 23.1 Å². The number of hydrogen-bond acceptors (Lipinski definition) is 2. The average molecular weight is 257 g/mol. The molecule has 18 heavy (non-hydrogen) atoms. The number of hydrogen-bond donors (Lipinski definition) is 1. The Morgan fingerprint density at radius 1 is 1.33 bits per heavy atom. The molecule has 1 aromatic heterocycles. The molecule has 6 heteroatoms. The predicted molar refractivity (Wildman–Crippen MR) is 60.1 cm³/mol. The molecule has 0 aliphatic heterocycles. The van der Waals surface area contributed by atoms with Crippen LogP contribution in [0.25, 0.3) is 0 Å². The Balaban J connectivity index is 2.26. The molecule has 1 fully saturated rings. The maximum atomic E-state index is 13.0. The highest BCUT2D eigenvalue weighted by Gasteiger charge is 2.35. The van der Waals surface area contributed by atoms with Gasteiger partial charge in [0.05, 0.1) is 5.56 Å². The van der Waals surface area contributed by atoms with E-state index in [4.69, 9.17) is 5.11 Å². The van der Waals surface area contributed by atoms with Crippen molar-refractivity contribution < 1.29 is 18.7 Å². The Bertz CT molecular complexity index is 514. The highest BCUT2D eigenvalue weighted by atomic mass is 19.3. The topological polar surface area (TPSA) is 59.3 Å². The molecule has 1 aliphatic carbocycles. The summed E-state index contributed by atoms with van der Waals surface area (Å²) in [7, 11) is 0. The second kappa shape index (κ2) is 4.51. The van der Waals surface area contributed by atoms with E-state index in [0.29, 0.717) is 0 Å². The van der Waals surface area contributed by atoms with Crippen LogP contribution in [0.4, 0.5) is 8.78 Å². The minimum absolute atomic E-state index is 0.00747. The number of rotatable bonds is 2. The first-order chi connectivity index (χ1) is 8.39. The summed E-state index contributed by atoms with van der Waals surface area (Å²) in [4.78, 5) is 22.5. The normalized spacial score (nSPS) is 19.7. The van der Waals surface area contributed by atoms with Crippen LogP contribution in [0.1, 0.15) is 42.1 Å². The number of carbonyl (C=O) groups is 1. The Morgan fingerprint density at radius 2 is 1.94 bits per heavy atom. The number of carboxylic acid groups (broad SMARTS) is 1. The van der Waals surface area contributed by atoms with E-state index in [-0.39, 0.29) is 42.8 Å². The summed E-state index contributed by atoms with van der Waals surface area (Å²) >= 11 is 0. The van der Waals surface area contributed by atoms with Crippen LogP contribution in [0.5, 0.6) is 0 Å². The fourth-order valence-electron chi connectivity index (χ4n) is 2.22. The van der Waals surface area contributed by atoms with Crippen LogP contribution in [0.2, 0.25) is 0 Å². The molecule has 1 saturated carbocycles. The van der Waals surface area contributed by atoms with Crippen molar-refractivity contribution in [3.05, 3.63) is 34.2 Å². The molecular formula is C12H13F2NO3. The number of aromatic carboxylic acids is 1. The third kappa shape index (κ3) is 2.57. The summed E-state index contributed by atoms with van der Waals surface area (Å²) in [6.45, 7) is 0. The third-order valence-corrected chi connectivity index (χ3v) is 3.27. The monoisotopic (exact) mass is 257 g/mol. The lowest BCUT2D eigenvalue weighted by Crippen LogP contribution is -2.31. The molecule has 0 bridgehead atoms. The molecule has 0 radical (unpaired) electrons. The van der Waals surface area contributed by atoms with Gasteiger partial charge < -0.3 is 9.67 Å². The van der Waals surface area contributed by atoms with Gasteiger partial charge in [0.25, 0.3) is 5.56 Å². The van der Waals surface area contributed by atoms with E-state index in [9.17, 15) is 18.4 Å². The number of aromatic nitrogens is 1. The summed E-state index contributed by atoms with van der Waals surface area (Å²) in [5.74, 6) is -3.80. The molecule has 0 saturated heterocycles. The lowest BCUT2D eigenvalue weighted by molar-refractivity contribution is -0.0442. The van der Waals surface area contributed by atoms with Crippen molar-refractivity contribution in [2.45, 2.75) is 37.6 Å². The Morgan fingerprint density at radius 3 is 2.50 bits per heavy atom. The number of carboxylic acids is 1. The minimum atomic E-state index is -2.66. The van der Waals surface area contributed by atoms with Crippen molar-refractivity contribution >= 4 is 5.97 Å². The average Bonchev–Trinajstić information content (AvgIpc) is 2.30. The Labute approximate surface area is 102 Å².